The van der Waals surface area contributed by atoms with E-state index in [1.807, 2.05) is 4.98 Å². The van der Waals surface area contributed by atoms with E-state index in [4.69, 9.17) is 11.6 Å². The van der Waals surface area contributed by atoms with E-state index in [-0.39, 0.29) is 9.13 Å². The van der Waals surface area contributed by atoms with E-state index in [1.54, 1.807) is 22.6 Å². The molecule has 1 aromatic heterocycles. The molecular formula is C7H3ClF2INO2. The number of alkyl halides is 2. The number of carbonyl (C=O) groups is 1. The highest BCUT2D eigenvalue weighted by Gasteiger charge is 2.17. The fourth-order valence-corrected chi connectivity index (χ4v) is 1.65. The van der Waals surface area contributed by atoms with Crippen molar-refractivity contribution in [3.05, 3.63) is 31.2 Å². The van der Waals surface area contributed by atoms with Crippen molar-refractivity contribution >= 4 is 39.4 Å². The van der Waals surface area contributed by atoms with Gasteiger partial charge in [0.15, 0.2) is 0 Å². The van der Waals surface area contributed by atoms with Gasteiger partial charge in [0.05, 0.1) is 5.69 Å². The molecular weight excluding hydrogens is 330 g/mol. The van der Waals surface area contributed by atoms with Gasteiger partial charge in [-0.3, -0.25) is 9.59 Å². The molecule has 1 heterocycles. The van der Waals surface area contributed by atoms with Crippen molar-refractivity contribution in [1.29, 1.82) is 0 Å². The summed E-state index contributed by atoms with van der Waals surface area (Å²) in [4.78, 5) is 23.6. The third-order valence-electron chi connectivity index (χ3n) is 1.45. The number of aromatic amines is 1. The van der Waals surface area contributed by atoms with Crippen molar-refractivity contribution in [1.82, 2.24) is 4.98 Å². The van der Waals surface area contributed by atoms with Crippen LogP contribution < -0.4 is 5.56 Å². The number of rotatable bonds is 2. The number of carbonyl (C=O) groups excluding carboxylic acids is 1. The van der Waals surface area contributed by atoms with Crippen molar-refractivity contribution in [2.24, 2.45) is 0 Å². The third-order valence-corrected chi connectivity index (χ3v) is 2.55. The topological polar surface area (TPSA) is 49.9 Å². The third kappa shape index (κ3) is 2.30. The molecule has 0 aliphatic carbocycles. The summed E-state index contributed by atoms with van der Waals surface area (Å²) in [6.45, 7) is 0. The van der Waals surface area contributed by atoms with Gasteiger partial charge in [0, 0.05) is 3.57 Å². The average molecular weight is 333 g/mol. The van der Waals surface area contributed by atoms with Crippen molar-refractivity contribution in [3.63, 3.8) is 0 Å². The minimum absolute atomic E-state index is 0.0983. The second-order valence-electron chi connectivity index (χ2n) is 2.35. The normalized spacial score (nSPS) is 10.6. The molecule has 0 atom stereocenters. The lowest BCUT2D eigenvalue weighted by molar-refractivity contribution is 0.107. The number of halogens is 4. The van der Waals surface area contributed by atoms with Gasteiger partial charge in [-0.1, -0.05) is 0 Å². The molecule has 0 aliphatic rings. The zero-order chi connectivity index (χ0) is 10.9. The first kappa shape index (κ1) is 11.6. The van der Waals surface area contributed by atoms with Crippen LogP contribution in [0, 0.1) is 3.57 Å². The van der Waals surface area contributed by atoms with Gasteiger partial charge in [0.25, 0.3) is 17.2 Å². The van der Waals surface area contributed by atoms with Crippen LogP contribution in [0.4, 0.5) is 8.78 Å². The van der Waals surface area contributed by atoms with Gasteiger partial charge in [-0.2, -0.15) is 0 Å². The van der Waals surface area contributed by atoms with Gasteiger partial charge in [-0.05, 0) is 40.3 Å². The molecule has 0 radical (unpaired) electrons. The number of pyridine rings is 1. The van der Waals surface area contributed by atoms with Crippen LogP contribution in [-0.2, 0) is 0 Å². The molecule has 0 aromatic carbocycles. The molecule has 0 saturated carbocycles. The van der Waals surface area contributed by atoms with Crippen LogP contribution in [0.3, 0.4) is 0 Å². The van der Waals surface area contributed by atoms with E-state index in [2.05, 4.69) is 0 Å². The Morgan fingerprint density at radius 1 is 1.57 bits per heavy atom. The summed E-state index contributed by atoms with van der Waals surface area (Å²) in [6.07, 6.45) is -2.78. The van der Waals surface area contributed by atoms with Crippen LogP contribution in [0.15, 0.2) is 10.9 Å². The van der Waals surface area contributed by atoms with E-state index in [1.165, 1.54) is 0 Å². The highest BCUT2D eigenvalue weighted by Crippen LogP contribution is 2.21. The second-order valence-corrected chi connectivity index (χ2v) is 3.85. The quantitative estimate of drug-likeness (QED) is 0.667. The van der Waals surface area contributed by atoms with Crippen molar-refractivity contribution in [2.75, 3.05) is 0 Å². The zero-order valence-corrected chi connectivity index (χ0v) is 9.40. The fraction of sp³-hybridized carbons (Fsp3) is 0.143. The van der Waals surface area contributed by atoms with Gasteiger partial charge in [0.2, 0.25) is 0 Å². The van der Waals surface area contributed by atoms with Gasteiger partial charge in [0.1, 0.15) is 5.56 Å². The summed E-state index contributed by atoms with van der Waals surface area (Å²) in [6, 6.07) is 1.04. The lowest BCUT2D eigenvalue weighted by Gasteiger charge is -2.03. The van der Waals surface area contributed by atoms with E-state index in [0.717, 1.165) is 6.07 Å². The lowest BCUT2D eigenvalue weighted by atomic mass is 10.2. The molecule has 1 rings (SSSR count). The van der Waals surface area contributed by atoms with Crippen LogP contribution in [0.5, 0.6) is 0 Å². The van der Waals surface area contributed by atoms with E-state index in [9.17, 15) is 18.4 Å². The number of nitrogens with one attached hydrogen (secondary N) is 1. The Morgan fingerprint density at radius 2 is 2.14 bits per heavy atom. The van der Waals surface area contributed by atoms with Crippen molar-refractivity contribution < 1.29 is 13.6 Å². The van der Waals surface area contributed by atoms with Crippen LogP contribution in [-0.4, -0.2) is 10.2 Å². The first-order valence-corrected chi connectivity index (χ1v) is 4.80. The number of aromatic nitrogens is 1. The maximum atomic E-state index is 12.2. The molecule has 14 heavy (non-hydrogen) atoms. The van der Waals surface area contributed by atoms with Crippen LogP contribution in [0.1, 0.15) is 22.5 Å². The van der Waals surface area contributed by atoms with Crippen molar-refractivity contribution in [3.8, 4) is 0 Å². The smallest absolute Gasteiger partial charge is 0.279 e. The van der Waals surface area contributed by atoms with Gasteiger partial charge >= 0.3 is 0 Å². The highest BCUT2D eigenvalue weighted by molar-refractivity contribution is 14.1. The van der Waals surface area contributed by atoms with Gasteiger partial charge < -0.3 is 4.98 Å². The standard InChI is InChI=1S/C7H3ClF2INO2/c8-5(13)2-1-3(11)4(6(9)10)12-7(2)14/h1,6H,(H,12,14). The predicted molar refractivity (Wildman–Crippen MR) is 54.9 cm³/mol. The Morgan fingerprint density at radius 3 is 2.57 bits per heavy atom. The maximum absolute atomic E-state index is 12.2. The van der Waals surface area contributed by atoms with Gasteiger partial charge in [-0.15, -0.1) is 0 Å². The summed E-state index contributed by atoms with van der Waals surface area (Å²) >= 11 is 6.65. The highest BCUT2D eigenvalue weighted by atomic mass is 127. The molecule has 0 amide bonds. The Labute approximate surface area is 95.6 Å². The first-order valence-electron chi connectivity index (χ1n) is 3.34. The summed E-state index contributed by atoms with van der Waals surface area (Å²) in [5, 5.41) is -0.968. The Bertz CT molecular complexity index is 432. The maximum Gasteiger partial charge on any atom is 0.279 e. The molecule has 0 bridgehead atoms. The molecule has 3 nitrogen and oxygen atoms in total. The summed E-state index contributed by atoms with van der Waals surface area (Å²) < 4.78 is 24.6. The van der Waals surface area contributed by atoms with Crippen molar-refractivity contribution in [2.45, 2.75) is 6.43 Å². The largest absolute Gasteiger partial charge is 0.320 e. The zero-order valence-electron chi connectivity index (χ0n) is 6.48. The SMILES string of the molecule is O=C(Cl)c1cc(I)c(C(F)F)[nH]c1=O. The lowest BCUT2D eigenvalue weighted by Crippen LogP contribution is -2.18. The van der Waals surface area contributed by atoms with E-state index >= 15 is 0 Å². The Kier molecular flexibility index (Phi) is 3.59. The number of H-pyrrole nitrogens is 1. The number of hydrogen-bond donors (Lipinski definition) is 1. The molecule has 7 heteroatoms. The molecule has 76 valence electrons. The minimum Gasteiger partial charge on any atom is -0.320 e. The summed E-state index contributed by atoms with van der Waals surface area (Å²) in [5.41, 5.74) is -1.74. The summed E-state index contributed by atoms with van der Waals surface area (Å²) in [5.74, 6) is 0. The molecule has 1 N–H and O–H groups in total. The van der Waals surface area contributed by atoms with Crippen LogP contribution in [0.25, 0.3) is 0 Å². The van der Waals surface area contributed by atoms with E-state index in [0.29, 0.717) is 0 Å². The average Bonchev–Trinajstić information content (AvgIpc) is 2.07. The molecule has 0 saturated heterocycles. The Balaban J connectivity index is 3.39. The molecule has 0 unspecified atom stereocenters. The van der Waals surface area contributed by atoms with Crippen LogP contribution in [0.2, 0.25) is 0 Å². The minimum atomic E-state index is -2.78. The van der Waals surface area contributed by atoms with Gasteiger partial charge in [-0.25, -0.2) is 8.78 Å². The second kappa shape index (κ2) is 4.35. The molecule has 0 fully saturated rings. The monoisotopic (exact) mass is 333 g/mol. The first-order chi connectivity index (χ1) is 6.43. The summed E-state index contributed by atoms with van der Waals surface area (Å²) in [7, 11) is 0. The van der Waals surface area contributed by atoms with E-state index < -0.39 is 22.9 Å². The Hall–Kier alpha value is -0.500. The molecule has 1 aromatic rings. The molecule has 0 spiro atoms. The number of hydrogen-bond acceptors (Lipinski definition) is 2. The molecule has 0 aliphatic heterocycles. The van der Waals surface area contributed by atoms with Crippen LogP contribution >= 0.6 is 34.2 Å². The fourth-order valence-electron chi connectivity index (χ4n) is 0.824. The predicted octanol–water partition coefficient (Wildman–Crippen LogP) is 2.30.